The lowest BCUT2D eigenvalue weighted by atomic mass is 9.98. The van der Waals surface area contributed by atoms with E-state index in [-0.39, 0.29) is 5.82 Å². The summed E-state index contributed by atoms with van der Waals surface area (Å²) in [6.45, 7) is 2.03. The molecule has 1 unspecified atom stereocenters. The molecule has 2 aromatic rings. The standard InChI is InChI=1S/C16H17FO/c1-12-5-2-3-7-14(12)11-16(18)10-13-6-4-8-15(17)9-13/h2-9,16,18H,10-11H2,1H3. The average Bonchev–Trinajstić information content (AvgIpc) is 2.32. The third-order valence-corrected chi connectivity index (χ3v) is 3.08. The molecule has 94 valence electrons. The van der Waals surface area contributed by atoms with E-state index in [0.717, 1.165) is 11.1 Å². The van der Waals surface area contributed by atoms with Crippen LogP contribution in [0.5, 0.6) is 0 Å². The van der Waals surface area contributed by atoms with Crippen LogP contribution in [0.1, 0.15) is 16.7 Å². The SMILES string of the molecule is Cc1ccccc1CC(O)Cc1cccc(F)c1. The highest BCUT2D eigenvalue weighted by Gasteiger charge is 2.08. The van der Waals surface area contributed by atoms with E-state index in [1.54, 1.807) is 6.07 Å². The van der Waals surface area contributed by atoms with Crippen LogP contribution in [0.25, 0.3) is 0 Å². The number of aliphatic hydroxyl groups excluding tert-OH is 1. The van der Waals surface area contributed by atoms with Gasteiger partial charge in [-0.3, -0.25) is 0 Å². The molecule has 2 aromatic carbocycles. The van der Waals surface area contributed by atoms with E-state index in [4.69, 9.17) is 0 Å². The molecular formula is C16H17FO. The van der Waals surface area contributed by atoms with E-state index in [9.17, 15) is 9.50 Å². The van der Waals surface area contributed by atoms with Crippen molar-refractivity contribution in [2.24, 2.45) is 0 Å². The number of hydrogen-bond acceptors (Lipinski definition) is 1. The molecule has 0 bridgehead atoms. The average molecular weight is 244 g/mol. The second-order valence-electron chi connectivity index (χ2n) is 4.62. The molecule has 0 saturated heterocycles. The van der Waals surface area contributed by atoms with E-state index in [1.807, 2.05) is 37.3 Å². The molecule has 0 spiro atoms. The molecule has 1 atom stereocenters. The van der Waals surface area contributed by atoms with Gasteiger partial charge in [0, 0.05) is 0 Å². The second kappa shape index (κ2) is 5.78. The van der Waals surface area contributed by atoms with Crippen LogP contribution in [0.3, 0.4) is 0 Å². The van der Waals surface area contributed by atoms with Gasteiger partial charge in [-0.2, -0.15) is 0 Å². The molecular weight excluding hydrogens is 227 g/mol. The summed E-state index contributed by atoms with van der Waals surface area (Å²) in [5, 5.41) is 10.0. The second-order valence-corrected chi connectivity index (χ2v) is 4.62. The molecule has 0 aromatic heterocycles. The first-order chi connectivity index (χ1) is 8.65. The van der Waals surface area contributed by atoms with Crippen molar-refractivity contribution in [1.82, 2.24) is 0 Å². The van der Waals surface area contributed by atoms with Gasteiger partial charge in [-0.15, -0.1) is 0 Å². The lowest BCUT2D eigenvalue weighted by Crippen LogP contribution is -2.14. The van der Waals surface area contributed by atoms with Crippen LogP contribution in [0.15, 0.2) is 48.5 Å². The van der Waals surface area contributed by atoms with Gasteiger partial charge < -0.3 is 5.11 Å². The quantitative estimate of drug-likeness (QED) is 0.875. The first-order valence-corrected chi connectivity index (χ1v) is 6.12. The molecule has 0 heterocycles. The Morgan fingerprint density at radius 3 is 2.56 bits per heavy atom. The fourth-order valence-corrected chi connectivity index (χ4v) is 2.10. The molecule has 0 amide bonds. The van der Waals surface area contributed by atoms with E-state index >= 15 is 0 Å². The number of aryl methyl sites for hydroxylation is 1. The van der Waals surface area contributed by atoms with Crippen LogP contribution in [0.2, 0.25) is 0 Å². The lowest BCUT2D eigenvalue weighted by Gasteiger charge is -2.12. The van der Waals surface area contributed by atoms with Gasteiger partial charge in [0.05, 0.1) is 6.10 Å². The summed E-state index contributed by atoms with van der Waals surface area (Å²) in [5.41, 5.74) is 3.15. The largest absolute Gasteiger partial charge is 0.392 e. The maximum atomic E-state index is 13.0. The van der Waals surface area contributed by atoms with E-state index in [0.29, 0.717) is 12.8 Å². The van der Waals surface area contributed by atoms with Crippen molar-refractivity contribution in [1.29, 1.82) is 0 Å². The Morgan fingerprint density at radius 2 is 1.83 bits per heavy atom. The summed E-state index contributed by atoms with van der Waals surface area (Å²) < 4.78 is 13.0. The first kappa shape index (κ1) is 12.8. The normalized spacial score (nSPS) is 12.4. The zero-order valence-electron chi connectivity index (χ0n) is 10.4. The third-order valence-electron chi connectivity index (χ3n) is 3.08. The highest BCUT2D eigenvalue weighted by Crippen LogP contribution is 2.13. The van der Waals surface area contributed by atoms with Crippen molar-refractivity contribution < 1.29 is 9.50 Å². The first-order valence-electron chi connectivity index (χ1n) is 6.12. The number of halogens is 1. The van der Waals surface area contributed by atoms with Gasteiger partial charge >= 0.3 is 0 Å². The molecule has 0 aliphatic carbocycles. The van der Waals surface area contributed by atoms with Gasteiger partial charge in [-0.25, -0.2) is 4.39 Å². The van der Waals surface area contributed by atoms with Crippen LogP contribution in [0, 0.1) is 12.7 Å². The fraction of sp³-hybridized carbons (Fsp3) is 0.250. The predicted molar refractivity (Wildman–Crippen MR) is 71.0 cm³/mol. The minimum absolute atomic E-state index is 0.254. The lowest BCUT2D eigenvalue weighted by molar-refractivity contribution is 0.175. The van der Waals surface area contributed by atoms with Crippen molar-refractivity contribution in [3.05, 3.63) is 71.0 Å². The highest BCUT2D eigenvalue weighted by atomic mass is 19.1. The zero-order valence-corrected chi connectivity index (χ0v) is 10.4. The summed E-state index contributed by atoms with van der Waals surface area (Å²) in [4.78, 5) is 0. The van der Waals surface area contributed by atoms with Crippen molar-refractivity contribution in [3.8, 4) is 0 Å². The van der Waals surface area contributed by atoms with Gasteiger partial charge in [0.25, 0.3) is 0 Å². The van der Waals surface area contributed by atoms with Crippen LogP contribution in [-0.2, 0) is 12.8 Å². The Bertz CT molecular complexity index is 522. The van der Waals surface area contributed by atoms with Crippen LogP contribution < -0.4 is 0 Å². The third kappa shape index (κ3) is 3.41. The predicted octanol–water partition coefficient (Wildman–Crippen LogP) is 3.28. The van der Waals surface area contributed by atoms with Gasteiger partial charge in [-0.1, -0.05) is 36.4 Å². The fourth-order valence-electron chi connectivity index (χ4n) is 2.10. The molecule has 0 saturated carbocycles. The Hall–Kier alpha value is -1.67. The van der Waals surface area contributed by atoms with Crippen LogP contribution in [-0.4, -0.2) is 11.2 Å². The summed E-state index contributed by atoms with van der Waals surface area (Å²) in [6, 6.07) is 14.4. The monoisotopic (exact) mass is 244 g/mol. The Balaban J connectivity index is 2.01. The van der Waals surface area contributed by atoms with E-state index in [1.165, 1.54) is 17.7 Å². The van der Waals surface area contributed by atoms with Crippen LogP contribution in [0.4, 0.5) is 4.39 Å². The summed E-state index contributed by atoms with van der Waals surface area (Å²) in [7, 11) is 0. The summed E-state index contributed by atoms with van der Waals surface area (Å²) in [5.74, 6) is -0.254. The minimum Gasteiger partial charge on any atom is -0.392 e. The van der Waals surface area contributed by atoms with E-state index < -0.39 is 6.10 Å². The Kier molecular flexibility index (Phi) is 4.11. The minimum atomic E-state index is -0.479. The molecule has 0 radical (unpaired) electrons. The van der Waals surface area contributed by atoms with Crippen molar-refractivity contribution in [3.63, 3.8) is 0 Å². The molecule has 2 heteroatoms. The molecule has 0 aliphatic heterocycles. The number of benzene rings is 2. The number of aliphatic hydroxyl groups is 1. The highest BCUT2D eigenvalue weighted by molar-refractivity contribution is 5.26. The maximum absolute atomic E-state index is 13.0. The topological polar surface area (TPSA) is 20.2 Å². The van der Waals surface area contributed by atoms with Gasteiger partial charge in [-0.05, 0) is 48.6 Å². The Labute approximate surface area is 107 Å². The van der Waals surface area contributed by atoms with Gasteiger partial charge in [0.1, 0.15) is 5.82 Å². The smallest absolute Gasteiger partial charge is 0.123 e. The van der Waals surface area contributed by atoms with Gasteiger partial charge in [0.15, 0.2) is 0 Å². The van der Waals surface area contributed by atoms with E-state index in [2.05, 4.69) is 0 Å². The molecule has 2 rings (SSSR count). The van der Waals surface area contributed by atoms with Crippen LogP contribution >= 0.6 is 0 Å². The Morgan fingerprint density at radius 1 is 1.06 bits per heavy atom. The van der Waals surface area contributed by atoms with Crippen molar-refractivity contribution in [2.45, 2.75) is 25.9 Å². The summed E-state index contributed by atoms with van der Waals surface area (Å²) in [6.07, 6.45) is 0.600. The zero-order chi connectivity index (χ0) is 13.0. The number of hydrogen-bond donors (Lipinski definition) is 1. The van der Waals surface area contributed by atoms with Gasteiger partial charge in [0.2, 0.25) is 0 Å². The summed E-state index contributed by atoms with van der Waals surface area (Å²) >= 11 is 0. The molecule has 0 aliphatic rings. The maximum Gasteiger partial charge on any atom is 0.123 e. The molecule has 1 nitrogen and oxygen atoms in total. The van der Waals surface area contributed by atoms with Crippen molar-refractivity contribution >= 4 is 0 Å². The van der Waals surface area contributed by atoms with Crippen molar-refractivity contribution in [2.75, 3.05) is 0 Å². The molecule has 1 N–H and O–H groups in total. The molecule has 18 heavy (non-hydrogen) atoms. The molecule has 0 fully saturated rings. The number of rotatable bonds is 4.